The van der Waals surface area contributed by atoms with Gasteiger partial charge in [-0.2, -0.15) is 0 Å². The minimum atomic E-state index is 0.350. The molecule has 1 aliphatic heterocycles. The highest BCUT2D eigenvalue weighted by Gasteiger charge is 2.15. The van der Waals surface area contributed by atoms with Crippen LogP contribution in [0.4, 0.5) is 0 Å². The smallest absolute Gasteiger partial charge is 0.153 e. The van der Waals surface area contributed by atoms with Crippen molar-refractivity contribution in [2.24, 2.45) is 0 Å². The predicted octanol–water partition coefficient (Wildman–Crippen LogP) is 0.503. The summed E-state index contributed by atoms with van der Waals surface area (Å²) in [7, 11) is 0. The first-order chi connectivity index (χ1) is 2.84. The zero-order valence-electron chi connectivity index (χ0n) is 3.68. The lowest BCUT2D eigenvalue weighted by Crippen LogP contribution is -1.74. The van der Waals surface area contributed by atoms with Gasteiger partial charge in [-0.3, -0.25) is 0 Å². The van der Waals surface area contributed by atoms with E-state index in [1.54, 1.807) is 4.68 Å². The lowest BCUT2D eigenvalue weighted by Gasteiger charge is -1.56. The van der Waals surface area contributed by atoms with Gasteiger partial charge in [0.15, 0.2) is 5.87 Å². The quantitative estimate of drug-likeness (QED) is 0.299. The van der Waals surface area contributed by atoms with Crippen LogP contribution in [0, 0.1) is 0 Å². The van der Waals surface area contributed by atoms with Crippen molar-refractivity contribution in [3.8, 4) is 0 Å². The Hall–Kier alpha value is -0.750. The van der Waals surface area contributed by atoms with Gasteiger partial charge in [0.2, 0.25) is 0 Å². The normalized spacial score (nSPS) is 28.2. The summed E-state index contributed by atoms with van der Waals surface area (Å²) in [6.45, 7) is 5.36. The largest absolute Gasteiger partial charge is 0.367 e. The van der Waals surface area contributed by atoms with Gasteiger partial charge in [-0.05, 0) is 6.92 Å². The molecule has 0 N–H and O–H groups in total. The zero-order valence-corrected chi connectivity index (χ0v) is 3.68. The molecule has 1 aliphatic rings. The molecule has 0 aromatic rings. The molecule has 0 aliphatic carbocycles. The Bertz CT molecular complexity index is 111. The van der Waals surface area contributed by atoms with Crippen LogP contribution in [0.5, 0.6) is 0 Å². The van der Waals surface area contributed by atoms with Gasteiger partial charge in [0.1, 0.15) is 6.17 Å². The minimum Gasteiger partial charge on any atom is -0.367 e. The van der Waals surface area contributed by atoms with E-state index in [-0.39, 0.29) is 0 Å². The van der Waals surface area contributed by atoms with Gasteiger partial charge in [-0.15, -0.1) is 0 Å². The molecule has 1 rings (SSSR count). The van der Waals surface area contributed by atoms with Crippen LogP contribution >= 0.6 is 0 Å². The summed E-state index contributed by atoms with van der Waals surface area (Å²) in [6, 6.07) is 0. The molecule has 32 valence electrons. The second kappa shape index (κ2) is 0.854. The van der Waals surface area contributed by atoms with E-state index in [1.165, 1.54) is 0 Å². The van der Waals surface area contributed by atoms with E-state index >= 15 is 0 Å². The highest BCUT2D eigenvalue weighted by Crippen LogP contribution is 2.17. The predicted molar refractivity (Wildman–Crippen MR) is 23.7 cm³/mol. The Morgan fingerprint density at radius 2 is 2.50 bits per heavy atom. The van der Waals surface area contributed by atoms with Gasteiger partial charge in [0, 0.05) is 6.58 Å². The molecule has 0 aromatic heterocycles. The first kappa shape index (κ1) is 3.44. The third-order valence-corrected chi connectivity index (χ3v) is 0.753. The molecule has 6 heavy (non-hydrogen) atoms. The fourth-order valence-corrected chi connectivity index (χ4v) is 0.323. The van der Waals surface area contributed by atoms with E-state index in [9.17, 15) is 0 Å². The van der Waals surface area contributed by atoms with Crippen LogP contribution < -0.4 is 0 Å². The second-order valence-corrected chi connectivity index (χ2v) is 1.25. The van der Waals surface area contributed by atoms with Crippen LogP contribution in [-0.2, 0) is 0 Å². The van der Waals surface area contributed by atoms with Crippen molar-refractivity contribution in [2.75, 3.05) is 0 Å². The Morgan fingerprint density at radius 3 is 2.50 bits per heavy atom. The van der Waals surface area contributed by atoms with Crippen LogP contribution in [0.15, 0.2) is 6.58 Å². The SMILES string of the molecule is C=C=[N+]1[N-]C1C. The lowest BCUT2D eigenvalue weighted by molar-refractivity contribution is -0.325. The van der Waals surface area contributed by atoms with E-state index in [4.69, 9.17) is 0 Å². The van der Waals surface area contributed by atoms with Crippen molar-refractivity contribution in [1.29, 1.82) is 0 Å². The number of nitrogens with zero attached hydrogens (tertiary/aromatic N) is 2. The molecule has 1 heterocycles. The fraction of sp³-hybridized carbons (Fsp3) is 0.500. The number of rotatable bonds is 0. The fourth-order valence-electron chi connectivity index (χ4n) is 0.323. The molecule has 0 amide bonds. The summed E-state index contributed by atoms with van der Waals surface area (Å²) in [6.07, 6.45) is 0.350. The molecule has 0 saturated carbocycles. The standard InChI is InChI=1S/C4H6N2/c1-3-6-4(2)5-6/h4H,1H2,2H3. The molecular weight excluding hydrogens is 76.1 g/mol. The van der Waals surface area contributed by atoms with Crippen molar-refractivity contribution in [1.82, 2.24) is 0 Å². The van der Waals surface area contributed by atoms with Gasteiger partial charge in [0.25, 0.3) is 0 Å². The molecule has 1 saturated heterocycles. The van der Waals surface area contributed by atoms with E-state index < -0.39 is 0 Å². The molecule has 0 radical (unpaired) electrons. The van der Waals surface area contributed by atoms with Crippen LogP contribution in [0.25, 0.3) is 5.43 Å². The highest BCUT2D eigenvalue weighted by molar-refractivity contribution is 5.41. The van der Waals surface area contributed by atoms with Crippen molar-refractivity contribution in [2.45, 2.75) is 13.1 Å². The molecule has 0 spiro atoms. The van der Waals surface area contributed by atoms with E-state index in [0.29, 0.717) is 6.17 Å². The Labute approximate surface area is 36.8 Å². The molecule has 1 unspecified atom stereocenters. The topological polar surface area (TPSA) is 17.1 Å². The van der Waals surface area contributed by atoms with Gasteiger partial charge >= 0.3 is 0 Å². The monoisotopic (exact) mass is 82.1 g/mol. The third-order valence-electron chi connectivity index (χ3n) is 0.753. The van der Waals surface area contributed by atoms with E-state index in [1.807, 2.05) is 6.92 Å². The summed E-state index contributed by atoms with van der Waals surface area (Å²) < 4.78 is 1.68. The summed E-state index contributed by atoms with van der Waals surface area (Å²) >= 11 is 0. The maximum atomic E-state index is 3.83. The highest BCUT2D eigenvalue weighted by atomic mass is 15.7. The third kappa shape index (κ3) is 0.313. The van der Waals surface area contributed by atoms with Crippen LogP contribution in [0.2, 0.25) is 0 Å². The van der Waals surface area contributed by atoms with Crippen molar-refractivity contribution in [3.05, 3.63) is 12.0 Å². The van der Waals surface area contributed by atoms with Gasteiger partial charge < -0.3 is 5.43 Å². The summed E-state index contributed by atoms with van der Waals surface area (Å²) in [5.74, 6) is 2.61. The van der Waals surface area contributed by atoms with Crippen molar-refractivity contribution >= 4 is 5.87 Å². The average Bonchev–Trinajstić information content (AvgIpc) is 2.19. The second-order valence-electron chi connectivity index (χ2n) is 1.25. The molecule has 0 aromatic carbocycles. The maximum absolute atomic E-state index is 3.83. The Balaban J connectivity index is 2.67. The average molecular weight is 82.1 g/mol. The summed E-state index contributed by atoms with van der Waals surface area (Å²) in [5.41, 5.74) is 3.83. The molecule has 1 fully saturated rings. The van der Waals surface area contributed by atoms with Crippen LogP contribution in [0.3, 0.4) is 0 Å². The number of hydrogen-bond donors (Lipinski definition) is 0. The minimum absolute atomic E-state index is 0.350. The van der Waals surface area contributed by atoms with Crippen molar-refractivity contribution < 1.29 is 4.68 Å². The molecule has 1 atom stereocenters. The van der Waals surface area contributed by atoms with Gasteiger partial charge in [-0.1, -0.05) is 0 Å². The molecule has 2 heteroatoms. The molecule has 0 bridgehead atoms. The Kier molecular flexibility index (Phi) is 0.490. The van der Waals surface area contributed by atoms with Crippen molar-refractivity contribution in [3.63, 3.8) is 0 Å². The van der Waals surface area contributed by atoms with Crippen LogP contribution in [-0.4, -0.2) is 16.7 Å². The zero-order chi connectivity index (χ0) is 4.57. The molecular formula is C4H6N2. The maximum Gasteiger partial charge on any atom is 0.153 e. The van der Waals surface area contributed by atoms with Crippen LogP contribution in [0.1, 0.15) is 6.92 Å². The number of hydrogen-bond acceptors (Lipinski definition) is 0. The van der Waals surface area contributed by atoms with E-state index in [2.05, 4.69) is 17.9 Å². The van der Waals surface area contributed by atoms with E-state index in [0.717, 1.165) is 0 Å². The first-order valence-corrected chi connectivity index (χ1v) is 1.87. The molecule has 2 nitrogen and oxygen atoms in total. The Morgan fingerprint density at radius 1 is 2.00 bits per heavy atom. The van der Waals surface area contributed by atoms with Gasteiger partial charge in [0.05, 0.1) is 0 Å². The summed E-state index contributed by atoms with van der Waals surface area (Å²) in [5, 5.41) is 0. The summed E-state index contributed by atoms with van der Waals surface area (Å²) in [4.78, 5) is 0. The lowest BCUT2D eigenvalue weighted by atomic mass is 10.7. The first-order valence-electron chi connectivity index (χ1n) is 1.87. The van der Waals surface area contributed by atoms with Gasteiger partial charge in [-0.25, -0.2) is 4.68 Å².